The molecule has 0 radical (unpaired) electrons. The zero-order valence-electron chi connectivity index (χ0n) is 10.4. The molecule has 0 atom stereocenters. The van der Waals surface area contributed by atoms with Crippen LogP contribution in [0.15, 0.2) is 30.3 Å². The van der Waals surface area contributed by atoms with E-state index in [0.717, 1.165) is 18.4 Å². The van der Waals surface area contributed by atoms with Crippen LogP contribution in [0.4, 0.5) is 0 Å². The molecule has 18 heavy (non-hydrogen) atoms. The molecule has 0 unspecified atom stereocenters. The molecule has 102 valence electrons. The summed E-state index contributed by atoms with van der Waals surface area (Å²) in [6.07, 6.45) is 4.42. The molecule has 0 spiro atoms. The van der Waals surface area contributed by atoms with Gasteiger partial charge in [-0.2, -0.15) is 0 Å². The molecule has 1 aromatic rings. The number of sulfonamides is 1. The second-order valence-corrected chi connectivity index (χ2v) is 7.13. The maximum atomic E-state index is 11.8. The van der Waals surface area contributed by atoms with E-state index >= 15 is 0 Å². The first kappa shape index (κ1) is 15.9. The highest BCUT2D eigenvalue weighted by atomic mass is 127. The van der Waals surface area contributed by atoms with E-state index in [9.17, 15) is 8.42 Å². The van der Waals surface area contributed by atoms with Crippen LogP contribution in [0.1, 0.15) is 31.2 Å². The van der Waals surface area contributed by atoms with Crippen molar-refractivity contribution < 1.29 is 8.42 Å². The monoisotopic (exact) mass is 381 g/mol. The summed E-state index contributed by atoms with van der Waals surface area (Å²) in [5, 5.41) is 0. The van der Waals surface area contributed by atoms with Crippen LogP contribution in [-0.4, -0.2) is 19.4 Å². The molecule has 0 aliphatic rings. The summed E-state index contributed by atoms with van der Waals surface area (Å²) in [5.74, 6) is 0.0710. The second kappa shape index (κ2) is 8.87. The van der Waals surface area contributed by atoms with Gasteiger partial charge >= 0.3 is 0 Å². The average molecular weight is 381 g/mol. The Hall–Kier alpha value is -0.140. The first-order valence-corrected chi connectivity index (χ1v) is 9.39. The van der Waals surface area contributed by atoms with E-state index in [1.165, 1.54) is 17.3 Å². The van der Waals surface area contributed by atoms with Crippen molar-refractivity contribution in [1.82, 2.24) is 4.72 Å². The van der Waals surface area contributed by atoms with Crippen molar-refractivity contribution in [3.05, 3.63) is 35.9 Å². The number of nitrogens with one attached hydrogen (secondary N) is 1. The van der Waals surface area contributed by atoms with Crippen molar-refractivity contribution in [2.24, 2.45) is 0 Å². The normalized spacial score (nSPS) is 11.6. The third-order valence-corrected chi connectivity index (χ3v) is 4.70. The smallest absolute Gasteiger partial charge is 0.215 e. The lowest BCUT2D eigenvalue weighted by Crippen LogP contribution is -2.26. The summed E-state index contributed by atoms with van der Waals surface area (Å²) in [7, 11) is -3.18. The van der Waals surface area contributed by atoms with Crippen LogP contribution in [0, 0.1) is 0 Å². The van der Waals surface area contributed by atoms with E-state index in [1.54, 1.807) is 0 Å². The maximum Gasteiger partial charge on any atom is 0.215 e. The van der Waals surface area contributed by atoms with Gasteiger partial charge in [0, 0.05) is 6.54 Å². The Bertz CT molecular complexity index is 420. The van der Waals surface area contributed by atoms with Crippen molar-refractivity contribution in [2.45, 2.75) is 31.4 Å². The quantitative estimate of drug-likeness (QED) is 0.406. The lowest BCUT2D eigenvalue weighted by molar-refractivity contribution is 0.573. The molecule has 0 aliphatic carbocycles. The topological polar surface area (TPSA) is 46.2 Å². The van der Waals surface area contributed by atoms with E-state index in [1.807, 2.05) is 30.3 Å². The molecule has 0 saturated heterocycles. The first-order valence-electron chi connectivity index (χ1n) is 6.21. The molecule has 1 aromatic carbocycles. The second-order valence-electron chi connectivity index (χ2n) is 4.24. The molecule has 5 heteroatoms. The van der Waals surface area contributed by atoms with E-state index in [-0.39, 0.29) is 5.75 Å². The van der Waals surface area contributed by atoms with E-state index in [0.29, 0.717) is 6.54 Å². The molecule has 0 amide bonds. The molecule has 1 rings (SSSR count). The third kappa shape index (κ3) is 7.33. The zero-order chi connectivity index (χ0) is 13.3. The van der Waals surface area contributed by atoms with E-state index in [4.69, 9.17) is 0 Å². The van der Waals surface area contributed by atoms with Crippen LogP contribution >= 0.6 is 22.6 Å². The van der Waals surface area contributed by atoms with Crippen molar-refractivity contribution in [3.8, 4) is 0 Å². The van der Waals surface area contributed by atoms with E-state index in [2.05, 4.69) is 27.3 Å². The maximum absolute atomic E-state index is 11.8. The highest BCUT2D eigenvalue weighted by Gasteiger charge is 2.09. The molecule has 0 saturated carbocycles. The summed E-state index contributed by atoms with van der Waals surface area (Å²) in [6.45, 7) is 0.552. The van der Waals surface area contributed by atoms with Crippen molar-refractivity contribution in [3.63, 3.8) is 0 Å². The number of alkyl halides is 1. The van der Waals surface area contributed by atoms with Crippen molar-refractivity contribution in [2.75, 3.05) is 11.0 Å². The van der Waals surface area contributed by atoms with Gasteiger partial charge in [0.05, 0.1) is 5.75 Å². The minimum Gasteiger partial charge on any atom is -0.215 e. The Kier molecular flexibility index (Phi) is 7.85. The Morgan fingerprint density at radius 2 is 1.67 bits per heavy atom. The lowest BCUT2D eigenvalue weighted by Gasteiger charge is -2.06. The summed E-state index contributed by atoms with van der Waals surface area (Å²) < 4.78 is 27.4. The molecule has 0 fully saturated rings. The van der Waals surface area contributed by atoms with Gasteiger partial charge in [0.1, 0.15) is 0 Å². The number of unbranched alkanes of at least 4 members (excludes halogenated alkanes) is 3. The van der Waals surface area contributed by atoms with Gasteiger partial charge in [0.25, 0.3) is 0 Å². The van der Waals surface area contributed by atoms with Crippen molar-refractivity contribution in [1.29, 1.82) is 0 Å². The Morgan fingerprint density at radius 1 is 1.00 bits per heavy atom. The SMILES string of the molecule is O=S(=O)(Cc1ccccc1)NCCCCCCI. The highest BCUT2D eigenvalue weighted by molar-refractivity contribution is 14.1. The molecular weight excluding hydrogens is 361 g/mol. The predicted molar refractivity (Wildman–Crippen MR) is 84.4 cm³/mol. The molecule has 3 nitrogen and oxygen atoms in total. The zero-order valence-corrected chi connectivity index (χ0v) is 13.4. The van der Waals surface area contributed by atoms with Crippen LogP contribution < -0.4 is 4.72 Å². The van der Waals surface area contributed by atoms with Gasteiger partial charge in [-0.05, 0) is 22.8 Å². The molecule has 0 aliphatic heterocycles. The fourth-order valence-electron chi connectivity index (χ4n) is 1.65. The molecule has 0 bridgehead atoms. The molecule has 0 heterocycles. The number of hydrogen-bond donors (Lipinski definition) is 1. The standard InChI is InChI=1S/C13H20INO2S/c14-10-6-1-2-7-11-15-18(16,17)12-13-8-4-3-5-9-13/h3-5,8-9,15H,1-2,6-7,10-12H2. The number of rotatable bonds is 9. The van der Waals surface area contributed by atoms with Crippen LogP contribution in [0.2, 0.25) is 0 Å². The fraction of sp³-hybridized carbons (Fsp3) is 0.538. The first-order chi connectivity index (χ1) is 8.64. The lowest BCUT2D eigenvalue weighted by atomic mass is 10.2. The number of hydrogen-bond acceptors (Lipinski definition) is 2. The predicted octanol–water partition coefficient (Wildman–Crippen LogP) is 3.10. The highest BCUT2D eigenvalue weighted by Crippen LogP contribution is 2.05. The molecule has 1 N–H and O–H groups in total. The van der Waals surface area contributed by atoms with Crippen LogP contribution in [0.25, 0.3) is 0 Å². The largest absolute Gasteiger partial charge is 0.215 e. The Balaban J connectivity index is 2.24. The Morgan fingerprint density at radius 3 is 2.33 bits per heavy atom. The van der Waals surface area contributed by atoms with Crippen LogP contribution in [-0.2, 0) is 15.8 Å². The number of benzene rings is 1. The minimum absolute atomic E-state index is 0.0710. The van der Waals surface area contributed by atoms with Gasteiger partial charge in [0.15, 0.2) is 0 Å². The van der Waals surface area contributed by atoms with Gasteiger partial charge in [-0.1, -0.05) is 65.8 Å². The minimum atomic E-state index is -3.18. The summed E-state index contributed by atoms with van der Waals surface area (Å²) in [5.41, 5.74) is 0.829. The Labute approximate surface area is 124 Å². The van der Waals surface area contributed by atoms with Crippen LogP contribution in [0.5, 0.6) is 0 Å². The summed E-state index contributed by atoms with van der Waals surface area (Å²) in [4.78, 5) is 0. The van der Waals surface area contributed by atoms with Crippen molar-refractivity contribution >= 4 is 32.6 Å². The van der Waals surface area contributed by atoms with Gasteiger partial charge in [-0.3, -0.25) is 0 Å². The molecule has 0 aromatic heterocycles. The van der Waals surface area contributed by atoms with Gasteiger partial charge < -0.3 is 0 Å². The summed E-state index contributed by atoms with van der Waals surface area (Å²) >= 11 is 2.36. The third-order valence-electron chi connectivity index (χ3n) is 2.58. The van der Waals surface area contributed by atoms with Crippen LogP contribution in [0.3, 0.4) is 0 Å². The number of halogens is 1. The van der Waals surface area contributed by atoms with Gasteiger partial charge in [-0.15, -0.1) is 0 Å². The van der Waals surface area contributed by atoms with E-state index < -0.39 is 10.0 Å². The molecular formula is C13H20INO2S. The van der Waals surface area contributed by atoms with Gasteiger partial charge in [0.2, 0.25) is 10.0 Å². The summed E-state index contributed by atoms with van der Waals surface area (Å²) in [6, 6.07) is 9.26. The van der Waals surface area contributed by atoms with Gasteiger partial charge in [-0.25, -0.2) is 13.1 Å². The fourth-order valence-corrected chi connectivity index (χ4v) is 3.37. The average Bonchev–Trinajstić information content (AvgIpc) is 2.34.